The number of allylic oxidation sites excluding steroid dienone is 1. The molecule has 1 aliphatic rings. The van der Waals surface area contributed by atoms with Crippen LogP contribution in [0, 0.1) is 19.7 Å². The number of carbonyl (C=O) groups excluding carboxylic acids is 1. The van der Waals surface area contributed by atoms with Crippen molar-refractivity contribution >= 4 is 23.4 Å². The van der Waals surface area contributed by atoms with E-state index in [1.165, 1.54) is 23.8 Å². The van der Waals surface area contributed by atoms with Gasteiger partial charge >= 0.3 is 5.97 Å². The van der Waals surface area contributed by atoms with Crippen molar-refractivity contribution in [3.63, 3.8) is 0 Å². The van der Waals surface area contributed by atoms with E-state index in [1.807, 2.05) is 32.0 Å². The normalized spacial score (nSPS) is 15.4. The quantitative estimate of drug-likeness (QED) is 0.313. The number of rotatable bonds is 5. The molecule has 0 aliphatic carbocycles. The first kappa shape index (κ1) is 22.5. The van der Waals surface area contributed by atoms with Crippen LogP contribution < -0.4 is 15.0 Å². The van der Waals surface area contributed by atoms with E-state index in [0.29, 0.717) is 11.7 Å². The van der Waals surface area contributed by atoms with Crippen LogP contribution >= 0.6 is 0 Å². The fourth-order valence-corrected chi connectivity index (χ4v) is 4.04. The minimum atomic E-state index is -0.392. The summed E-state index contributed by atoms with van der Waals surface area (Å²) < 4.78 is 18.7. The number of hydrogen-bond donors (Lipinski definition) is 1. The van der Waals surface area contributed by atoms with Gasteiger partial charge < -0.3 is 15.0 Å². The lowest BCUT2D eigenvalue weighted by atomic mass is 9.93. The van der Waals surface area contributed by atoms with Gasteiger partial charge in [0.15, 0.2) is 0 Å². The Morgan fingerprint density at radius 3 is 2.67 bits per heavy atom. The Kier molecular flexibility index (Phi) is 6.40. The van der Waals surface area contributed by atoms with Crippen molar-refractivity contribution in [1.29, 1.82) is 0 Å². The van der Waals surface area contributed by atoms with Gasteiger partial charge in [-0.05, 0) is 81.6 Å². The number of esters is 1. The highest BCUT2D eigenvalue weighted by atomic mass is 19.1. The second-order valence-corrected chi connectivity index (χ2v) is 8.11. The molecule has 0 radical (unpaired) electrons. The predicted molar refractivity (Wildman–Crippen MR) is 128 cm³/mol. The number of aryl methyl sites for hydroxylation is 1. The maximum Gasteiger partial charge on any atom is 0.335 e. The summed E-state index contributed by atoms with van der Waals surface area (Å²) in [5.74, 6) is 1.16. The van der Waals surface area contributed by atoms with Gasteiger partial charge in [0, 0.05) is 29.6 Å². The van der Waals surface area contributed by atoms with E-state index in [-0.39, 0.29) is 11.9 Å². The number of carbonyl (C=O) groups is 1. The second-order valence-electron chi connectivity index (χ2n) is 8.11. The second kappa shape index (κ2) is 9.40. The third-order valence-electron chi connectivity index (χ3n) is 5.91. The Balaban J connectivity index is 1.64. The van der Waals surface area contributed by atoms with Crippen molar-refractivity contribution in [3.05, 3.63) is 82.8 Å². The van der Waals surface area contributed by atoms with Crippen LogP contribution in [0.25, 0.3) is 0 Å². The Bertz CT molecular complexity index is 1210. The van der Waals surface area contributed by atoms with E-state index in [1.54, 1.807) is 25.1 Å². The van der Waals surface area contributed by atoms with E-state index in [4.69, 9.17) is 9.72 Å². The van der Waals surface area contributed by atoms with Gasteiger partial charge in [0.2, 0.25) is 5.95 Å². The highest BCUT2D eigenvalue weighted by molar-refractivity contribution is 5.84. The lowest BCUT2D eigenvalue weighted by Gasteiger charge is -2.37. The van der Waals surface area contributed by atoms with E-state index in [0.717, 1.165) is 41.3 Å². The van der Waals surface area contributed by atoms with E-state index >= 15 is 0 Å². The first-order chi connectivity index (χ1) is 15.9. The fraction of sp³-hybridized carbons (Fsp3) is 0.269. The maximum absolute atomic E-state index is 13.3. The maximum atomic E-state index is 13.3. The van der Waals surface area contributed by atoms with Gasteiger partial charge in [0.25, 0.3) is 0 Å². The molecule has 1 atom stereocenters. The summed E-state index contributed by atoms with van der Waals surface area (Å²) >= 11 is 0. The largest absolute Gasteiger partial charge is 0.423 e. The lowest BCUT2D eigenvalue weighted by molar-refractivity contribution is -0.129. The van der Waals surface area contributed by atoms with Crippen LogP contribution in [-0.2, 0) is 11.2 Å². The van der Waals surface area contributed by atoms with Crippen LogP contribution in [-0.4, -0.2) is 22.5 Å². The number of anilines is 3. The van der Waals surface area contributed by atoms with Gasteiger partial charge in [-0.25, -0.2) is 14.2 Å². The minimum Gasteiger partial charge on any atom is -0.423 e. The monoisotopic (exact) mass is 446 g/mol. The first-order valence-electron chi connectivity index (χ1n) is 11.0. The van der Waals surface area contributed by atoms with Gasteiger partial charge in [-0.1, -0.05) is 12.1 Å². The standard InChI is InChI=1S/C26H27FN4O2/c1-5-6-24(32)33-22-12-7-19-13-14-31(18(4)23(19)15-22)25-16(2)17(3)28-26(30-25)29-21-10-8-20(27)9-11-21/h5-12,15,18H,13-14H2,1-4H3,(H,28,29,30). The lowest BCUT2D eigenvalue weighted by Crippen LogP contribution is -2.35. The number of fused-ring (bicyclic) bond motifs is 1. The molecule has 4 rings (SSSR count). The number of nitrogens with zero attached hydrogens (tertiary/aromatic N) is 3. The molecule has 1 N–H and O–H groups in total. The number of aromatic nitrogens is 2. The number of halogens is 1. The SMILES string of the molecule is CC=CC(=O)Oc1ccc2c(c1)C(C)N(c1nc(Nc3ccc(F)cc3)nc(C)c1C)CC2. The van der Waals surface area contributed by atoms with Crippen molar-refractivity contribution in [2.75, 3.05) is 16.8 Å². The molecular weight excluding hydrogens is 419 g/mol. The van der Waals surface area contributed by atoms with Crippen LogP contribution in [0.5, 0.6) is 5.75 Å². The van der Waals surface area contributed by atoms with Crippen molar-refractivity contribution in [1.82, 2.24) is 9.97 Å². The molecule has 0 bridgehead atoms. The molecule has 1 aliphatic heterocycles. The van der Waals surface area contributed by atoms with Gasteiger partial charge in [-0.15, -0.1) is 0 Å². The minimum absolute atomic E-state index is 0.0285. The molecule has 2 heterocycles. The molecule has 6 nitrogen and oxygen atoms in total. The van der Waals surface area contributed by atoms with Gasteiger partial charge in [-0.3, -0.25) is 0 Å². The smallest absolute Gasteiger partial charge is 0.335 e. The molecule has 0 saturated heterocycles. The van der Waals surface area contributed by atoms with Gasteiger partial charge in [0.1, 0.15) is 17.4 Å². The Hall–Kier alpha value is -3.74. The third kappa shape index (κ3) is 4.87. The summed E-state index contributed by atoms with van der Waals surface area (Å²) in [7, 11) is 0. The van der Waals surface area contributed by atoms with Crippen molar-refractivity contribution in [2.24, 2.45) is 0 Å². The molecule has 0 saturated carbocycles. The van der Waals surface area contributed by atoms with E-state index in [9.17, 15) is 9.18 Å². The molecule has 0 spiro atoms. The fourth-order valence-electron chi connectivity index (χ4n) is 4.04. The summed E-state index contributed by atoms with van der Waals surface area (Å²) in [4.78, 5) is 23.5. The molecule has 3 aromatic rings. The molecular formula is C26H27FN4O2. The van der Waals surface area contributed by atoms with Gasteiger partial charge in [-0.2, -0.15) is 4.98 Å². The number of benzene rings is 2. The summed E-state index contributed by atoms with van der Waals surface area (Å²) in [6, 6.07) is 11.9. The van der Waals surface area contributed by atoms with E-state index in [2.05, 4.69) is 22.1 Å². The average molecular weight is 447 g/mol. The predicted octanol–water partition coefficient (Wildman–Crippen LogP) is 5.58. The first-order valence-corrected chi connectivity index (χ1v) is 11.0. The zero-order valence-corrected chi connectivity index (χ0v) is 19.2. The zero-order valence-electron chi connectivity index (χ0n) is 19.2. The molecule has 1 unspecified atom stereocenters. The highest BCUT2D eigenvalue weighted by Crippen LogP contribution is 2.37. The average Bonchev–Trinajstić information content (AvgIpc) is 2.79. The van der Waals surface area contributed by atoms with E-state index < -0.39 is 5.97 Å². The van der Waals surface area contributed by atoms with Crippen molar-refractivity contribution in [2.45, 2.75) is 40.2 Å². The molecule has 0 amide bonds. The molecule has 2 aromatic carbocycles. The topological polar surface area (TPSA) is 67.3 Å². The zero-order chi connectivity index (χ0) is 23.5. The number of ether oxygens (including phenoxy) is 1. The Morgan fingerprint density at radius 1 is 1.18 bits per heavy atom. The van der Waals surface area contributed by atoms with Crippen molar-refractivity contribution < 1.29 is 13.9 Å². The van der Waals surface area contributed by atoms with Crippen LogP contribution in [0.3, 0.4) is 0 Å². The summed E-state index contributed by atoms with van der Waals surface area (Å²) in [6.45, 7) is 8.68. The van der Waals surface area contributed by atoms with Crippen LogP contribution in [0.1, 0.15) is 42.3 Å². The summed E-state index contributed by atoms with van der Waals surface area (Å²) in [5.41, 5.74) is 4.94. The highest BCUT2D eigenvalue weighted by Gasteiger charge is 2.27. The van der Waals surface area contributed by atoms with Crippen molar-refractivity contribution in [3.8, 4) is 5.75 Å². The molecule has 1 aromatic heterocycles. The van der Waals surface area contributed by atoms with Gasteiger partial charge in [0.05, 0.1) is 6.04 Å². The van der Waals surface area contributed by atoms with Crippen LogP contribution in [0.2, 0.25) is 0 Å². The summed E-state index contributed by atoms with van der Waals surface area (Å²) in [6.07, 6.45) is 3.91. The molecule has 33 heavy (non-hydrogen) atoms. The van der Waals surface area contributed by atoms with Crippen LogP contribution in [0.15, 0.2) is 54.6 Å². The molecule has 0 fully saturated rings. The van der Waals surface area contributed by atoms with Crippen LogP contribution in [0.4, 0.5) is 21.8 Å². The molecule has 7 heteroatoms. The number of hydrogen-bond acceptors (Lipinski definition) is 6. The third-order valence-corrected chi connectivity index (χ3v) is 5.91. The molecule has 170 valence electrons. The Morgan fingerprint density at radius 2 is 1.94 bits per heavy atom. The Labute approximate surface area is 193 Å². The number of nitrogens with one attached hydrogen (secondary N) is 1. The summed E-state index contributed by atoms with van der Waals surface area (Å²) in [5, 5.41) is 3.18.